The number of carbonyl (C=O) groups is 2. The van der Waals surface area contributed by atoms with Gasteiger partial charge in [-0.1, -0.05) is 44.5 Å². The van der Waals surface area contributed by atoms with Crippen LogP contribution in [0.2, 0.25) is 5.02 Å². The minimum absolute atomic E-state index is 0.208. The normalized spacial score (nSPS) is 16.8. The van der Waals surface area contributed by atoms with Gasteiger partial charge in [0.1, 0.15) is 5.00 Å². The van der Waals surface area contributed by atoms with E-state index in [9.17, 15) is 9.59 Å². The molecule has 0 radical (unpaired) electrons. The molecule has 0 saturated heterocycles. The second-order valence-electron chi connectivity index (χ2n) is 8.25. The molecule has 4 nitrogen and oxygen atoms in total. The van der Waals surface area contributed by atoms with Crippen molar-refractivity contribution < 1.29 is 9.59 Å². The van der Waals surface area contributed by atoms with Crippen LogP contribution >= 0.6 is 22.9 Å². The average molecular weight is 417 g/mol. The number of nitrogens with one attached hydrogen (secondary N) is 1. The zero-order chi connectivity index (χ0) is 20.5. The Kier molecular flexibility index (Phi) is 5.96. The van der Waals surface area contributed by atoms with Gasteiger partial charge in [0, 0.05) is 16.0 Å². The number of rotatable bonds is 4. The van der Waals surface area contributed by atoms with Gasteiger partial charge in [-0.25, -0.2) is 0 Å². The Hall–Kier alpha value is -2.11. The van der Waals surface area contributed by atoms with Gasteiger partial charge < -0.3 is 11.1 Å². The van der Waals surface area contributed by atoms with Crippen molar-refractivity contribution in [2.75, 3.05) is 5.32 Å². The molecule has 1 aliphatic rings. The molecule has 1 unspecified atom stereocenters. The lowest BCUT2D eigenvalue weighted by atomic mass is 9.72. The summed E-state index contributed by atoms with van der Waals surface area (Å²) >= 11 is 7.35. The molecule has 3 rings (SSSR count). The van der Waals surface area contributed by atoms with Crippen LogP contribution in [0.1, 0.15) is 53.6 Å². The lowest BCUT2D eigenvalue weighted by Gasteiger charge is -2.33. The van der Waals surface area contributed by atoms with Crippen molar-refractivity contribution in [2.24, 2.45) is 17.1 Å². The Morgan fingerprint density at radius 2 is 1.93 bits per heavy atom. The molecule has 1 heterocycles. The molecule has 3 N–H and O–H groups in total. The lowest BCUT2D eigenvalue weighted by Crippen LogP contribution is -2.27. The van der Waals surface area contributed by atoms with Crippen LogP contribution in [0.5, 0.6) is 0 Å². The number of fused-ring (bicyclic) bond motifs is 1. The van der Waals surface area contributed by atoms with E-state index in [-0.39, 0.29) is 11.3 Å². The number of carbonyl (C=O) groups excluding carboxylic acids is 2. The Morgan fingerprint density at radius 3 is 2.54 bits per heavy atom. The van der Waals surface area contributed by atoms with Gasteiger partial charge in [0.15, 0.2) is 0 Å². The third-order valence-corrected chi connectivity index (χ3v) is 6.69. The monoisotopic (exact) mass is 416 g/mol. The van der Waals surface area contributed by atoms with Gasteiger partial charge in [-0.15, -0.1) is 11.3 Å². The molecule has 0 spiro atoms. The summed E-state index contributed by atoms with van der Waals surface area (Å²) in [5, 5.41) is 4.05. The second-order valence-corrected chi connectivity index (χ2v) is 9.79. The van der Waals surface area contributed by atoms with Crippen LogP contribution in [0.25, 0.3) is 6.08 Å². The standard InChI is InChI=1S/C22H25ClN2O2S/c1-22(2,3)14-7-10-16-17(12-14)28-21(19(16)20(24)27)25-18(26)11-6-13-4-8-15(23)9-5-13/h4-6,8-9,11,14H,7,10,12H2,1-3H3,(H2,24,27)(H,25,26). The van der Waals surface area contributed by atoms with E-state index in [0.717, 1.165) is 35.3 Å². The maximum Gasteiger partial charge on any atom is 0.251 e. The Morgan fingerprint density at radius 1 is 1.25 bits per heavy atom. The summed E-state index contributed by atoms with van der Waals surface area (Å²) in [6.07, 6.45) is 5.92. The molecule has 0 fully saturated rings. The average Bonchev–Trinajstić information content (AvgIpc) is 2.97. The van der Waals surface area contributed by atoms with Gasteiger partial charge in [0.05, 0.1) is 5.56 Å². The first-order chi connectivity index (χ1) is 13.1. The molecule has 1 aromatic carbocycles. The first-order valence-electron chi connectivity index (χ1n) is 9.34. The van der Waals surface area contributed by atoms with Gasteiger partial charge in [-0.2, -0.15) is 0 Å². The highest BCUT2D eigenvalue weighted by atomic mass is 35.5. The summed E-state index contributed by atoms with van der Waals surface area (Å²) in [5.41, 5.74) is 8.20. The molecule has 0 saturated carbocycles. The van der Waals surface area contributed by atoms with Crippen LogP contribution < -0.4 is 11.1 Å². The van der Waals surface area contributed by atoms with E-state index in [1.54, 1.807) is 18.2 Å². The fraction of sp³-hybridized carbons (Fsp3) is 0.364. The number of halogens is 1. The van der Waals surface area contributed by atoms with Gasteiger partial charge in [-0.3, -0.25) is 9.59 Å². The van der Waals surface area contributed by atoms with Crippen LogP contribution in [-0.2, 0) is 17.6 Å². The smallest absolute Gasteiger partial charge is 0.251 e. The maximum atomic E-state index is 12.4. The Balaban J connectivity index is 1.80. The summed E-state index contributed by atoms with van der Waals surface area (Å²) < 4.78 is 0. The van der Waals surface area contributed by atoms with Crippen LogP contribution in [-0.4, -0.2) is 11.8 Å². The third kappa shape index (κ3) is 4.65. The molecular formula is C22H25ClN2O2S. The van der Waals surface area contributed by atoms with Crippen LogP contribution in [0, 0.1) is 11.3 Å². The molecule has 2 amide bonds. The van der Waals surface area contributed by atoms with Gasteiger partial charge in [0.25, 0.3) is 5.91 Å². The number of benzene rings is 1. The fourth-order valence-electron chi connectivity index (χ4n) is 3.57. The van der Waals surface area contributed by atoms with Gasteiger partial charge >= 0.3 is 0 Å². The topological polar surface area (TPSA) is 72.2 Å². The molecule has 1 atom stereocenters. The second kappa shape index (κ2) is 8.10. The summed E-state index contributed by atoms with van der Waals surface area (Å²) in [7, 11) is 0. The lowest BCUT2D eigenvalue weighted by molar-refractivity contribution is -0.111. The number of primary amides is 1. The molecule has 1 aromatic heterocycles. The highest BCUT2D eigenvalue weighted by Crippen LogP contribution is 2.44. The molecule has 0 aliphatic heterocycles. The first kappa shape index (κ1) is 20.6. The van der Waals surface area contributed by atoms with Crippen molar-refractivity contribution in [3.63, 3.8) is 0 Å². The molecule has 0 bridgehead atoms. The van der Waals surface area contributed by atoms with Gasteiger partial charge in [-0.05, 0) is 59.9 Å². The Bertz CT molecular complexity index is 923. The summed E-state index contributed by atoms with van der Waals surface area (Å²) in [6.45, 7) is 6.74. The Labute approximate surface area is 174 Å². The quantitative estimate of drug-likeness (QED) is 0.663. The maximum absolute atomic E-state index is 12.4. The minimum Gasteiger partial charge on any atom is -0.365 e. The van der Waals surface area contributed by atoms with Crippen LogP contribution in [0.15, 0.2) is 30.3 Å². The van der Waals surface area contributed by atoms with Crippen molar-refractivity contribution in [3.05, 3.63) is 56.9 Å². The van der Waals surface area contributed by atoms with E-state index in [2.05, 4.69) is 26.1 Å². The summed E-state index contributed by atoms with van der Waals surface area (Å²) in [4.78, 5) is 25.6. The zero-order valence-corrected chi connectivity index (χ0v) is 17.9. The van der Waals surface area contributed by atoms with Crippen molar-refractivity contribution in [1.29, 1.82) is 0 Å². The predicted molar refractivity (Wildman–Crippen MR) is 117 cm³/mol. The number of anilines is 1. The van der Waals surface area contributed by atoms with E-state index >= 15 is 0 Å². The van der Waals surface area contributed by atoms with Crippen molar-refractivity contribution in [2.45, 2.75) is 40.0 Å². The van der Waals surface area contributed by atoms with Gasteiger partial charge in [0.2, 0.25) is 5.91 Å². The number of thiophene rings is 1. The van der Waals surface area contributed by atoms with Crippen LogP contribution in [0.4, 0.5) is 5.00 Å². The number of nitrogens with two attached hydrogens (primary N) is 1. The van der Waals surface area contributed by atoms with E-state index in [0.29, 0.717) is 21.5 Å². The number of hydrogen-bond donors (Lipinski definition) is 2. The largest absolute Gasteiger partial charge is 0.365 e. The van der Waals surface area contributed by atoms with E-state index in [1.807, 2.05) is 12.1 Å². The number of hydrogen-bond acceptors (Lipinski definition) is 3. The van der Waals surface area contributed by atoms with Crippen molar-refractivity contribution >= 4 is 45.8 Å². The first-order valence-corrected chi connectivity index (χ1v) is 10.5. The fourth-order valence-corrected chi connectivity index (χ4v) is 5.03. The summed E-state index contributed by atoms with van der Waals surface area (Å²) in [5.74, 6) is -0.222. The zero-order valence-electron chi connectivity index (χ0n) is 16.3. The SMILES string of the molecule is CC(C)(C)C1CCc2c(sc(NC(=O)C=Cc3ccc(Cl)cc3)c2C(N)=O)C1. The molecule has 2 aromatic rings. The molecule has 28 heavy (non-hydrogen) atoms. The highest BCUT2D eigenvalue weighted by Gasteiger charge is 2.33. The molecular weight excluding hydrogens is 392 g/mol. The third-order valence-electron chi connectivity index (χ3n) is 5.27. The summed E-state index contributed by atoms with van der Waals surface area (Å²) in [6, 6.07) is 7.20. The molecule has 6 heteroatoms. The molecule has 1 aliphatic carbocycles. The number of amides is 2. The van der Waals surface area contributed by atoms with Crippen LogP contribution in [0.3, 0.4) is 0 Å². The van der Waals surface area contributed by atoms with E-state index < -0.39 is 5.91 Å². The van der Waals surface area contributed by atoms with Crippen molar-refractivity contribution in [1.82, 2.24) is 0 Å². The highest BCUT2D eigenvalue weighted by molar-refractivity contribution is 7.17. The molecule has 148 valence electrons. The van der Waals surface area contributed by atoms with E-state index in [4.69, 9.17) is 17.3 Å². The predicted octanol–water partition coefficient (Wildman–Crippen LogP) is 5.30. The minimum atomic E-state index is -0.483. The van der Waals surface area contributed by atoms with Crippen molar-refractivity contribution in [3.8, 4) is 0 Å². The van der Waals surface area contributed by atoms with E-state index in [1.165, 1.54) is 17.4 Å².